The molecule has 0 unspecified atom stereocenters. The van der Waals surface area contributed by atoms with Gasteiger partial charge in [0.05, 0.1) is 5.69 Å². The molecule has 0 radical (unpaired) electrons. The van der Waals surface area contributed by atoms with Gasteiger partial charge in [0, 0.05) is 6.54 Å². The minimum absolute atomic E-state index is 0.0435. The zero-order chi connectivity index (χ0) is 13.4. The Bertz CT molecular complexity index is 553. The third kappa shape index (κ3) is 2.64. The molecular weight excluding hydrogens is 255 g/mol. The maximum absolute atomic E-state index is 12.9. The maximum atomic E-state index is 12.9. The Morgan fingerprint density at radius 3 is 2.61 bits per heavy atom. The minimum atomic E-state index is -3.66. The first kappa shape index (κ1) is 13.3. The van der Waals surface area contributed by atoms with E-state index in [9.17, 15) is 12.8 Å². The summed E-state index contributed by atoms with van der Waals surface area (Å²) in [7, 11) is -3.66. The number of nitrogen functional groups attached to an aromatic ring is 1. The summed E-state index contributed by atoms with van der Waals surface area (Å²) in [5.41, 5.74) is 5.51. The van der Waals surface area contributed by atoms with Crippen molar-refractivity contribution in [2.24, 2.45) is 5.41 Å². The van der Waals surface area contributed by atoms with E-state index in [1.165, 1.54) is 6.07 Å². The van der Waals surface area contributed by atoms with Crippen LogP contribution in [-0.4, -0.2) is 15.0 Å². The highest BCUT2D eigenvalue weighted by molar-refractivity contribution is 7.89. The van der Waals surface area contributed by atoms with Gasteiger partial charge in [0.15, 0.2) is 0 Å². The summed E-state index contributed by atoms with van der Waals surface area (Å²) in [6, 6.07) is 3.30. The fourth-order valence-electron chi connectivity index (χ4n) is 2.07. The second kappa shape index (κ2) is 4.51. The normalized spacial score (nSPS) is 18.3. The Morgan fingerprint density at radius 2 is 2.11 bits per heavy atom. The van der Waals surface area contributed by atoms with Crippen LogP contribution in [0.5, 0.6) is 0 Å². The SMILES string of the molecule is CC1(CNS(=O)(=O)c2ccc(F)cc2N)CCC1. The number of hydrogen-bond donors (Lipinski definition) is 2. The van der Waals surface area contributed by atoms with Crippen LogP contribution in [0, 0.1) is 11.2 Å². The lowest BCUT2D eigenvalue weighted by Gasteiger charge is -2.38. The smallest absolute Gasteiger partial charge is 0.242 e. The van der Waals surface area contributed by atoms with Gasteiger partial charge in [0.25, 0.3) is 0 Å². The highest BCUT2D eigenvalue weighted by Gasteiger charge is 2.33. The molecule has 0 amide bonds. The highest BCUT2D eigenvalue weighted by Crippen LogP contribution is 2.39. The van der Waals surface area contributed by atoms with Crippen LogP contribution in [0.15, 0.2) is 23.1 Å². The van der Waals surface area contributed by atoms with Crippen LogP contribution in [0.25, 0.3) is 0 Å². The molecule has 0 aliphatic heterocycles. The van der Waals surface area contributed by atoms with Gasteiger partial charge in [-0.15, -0.1) is 0 Å². The zero-order valence-electron chi connectivity index (χ0n) is 10.2. The van der Waals surface area contributed by atoms with E-state index in [1.54, 1.807) is 0 Å². The van der Waals surface area contributed by atoms with E-state index in [0.29, 0.717) is 6.54 Å². The molecule has 0 saturated heterocycles. The number of nitrogens with one attached hydrogen (secondary N) is 1. The first-order valence-corrected chi connectivity index (χ1v) is 7.35. The fraction of sp³-hybridized carbons (Fsp3) is 0.500. The number of halogens is 1. The van der Waals surface area contributed by atoms with Gasteiger partial charge in [-0.1, -0.05) is 13.3 Å². The van der Waals surface area contributed by atoms with Crippen LogP contribution in [-0.2, 0) is 10.0 Å². The predicted molar refractivity (Wildman–Crippen MR) is 68.0 cm³/mol. The lowest BCUT2D eigenvalue weighted by molar-refractivity contribution is 0.166. The van der Waals surface area contributed by atoms with Crippen molar-refractivity contribution in [3.63, 3.8) is 0 Å². The van der Waals surface area contributed by atoms with Crippen LogP contribution in [0.2, 0.25) is 0 Å². The quantitative estimate of drug-likeness (QED) is 0.822. The molecule has 1 aliphatic rings. The first-order valence-electron chi connectivity index (χ1n) is 5.87. The molecule has 0 spiro atoms. The van der Waals surface area contributed by atoms with Crippen molar-refractivity contribution in [2.75, 3.05) is 12.3 Å². The molecule has 1 fully saturated rings. The second-order valence-corrected chi connectivity index (χ2v) is 6.91. The summed E-state index contributed by atoms with van der Waals surface area (Å²) in [5, 5.41) is 0. The molecule has 4 nitrogen and oxygen atoms in total. The van der Waals surface area contributed by atoms with E-state index in [-0.39, 0.29) is 16.0 Å². The summed E-state index contributed by atoms with van der Waals surface area (Å²) in [4.78, 5) is -0.0631. The minimum Gasteiger partial charge on any atom is -0.398 e. The first-order chi connectivity index (χ1) is 8.32. The Hall–Kier alpha value is -1.14. The molecule has 0 heterocycles. The Kier molecular flexibility index (Phi) is 3.33. The van der Waals surface area contributed by atoms with Crippen molar-refractivity contribution in [3.8, 4) is 0 Å². The van der Waals surface area contributed by atoms with Gasteiger partial charge in [-0.25, -0.2) is 17.5 Å². The molecule has 0 bridgehead atoms. The van der Waals surface area contributed by atoms with E-state index in [0.717, 1.165) is 31.4 Å². The number of anilines is 1. The Labute approximate surface area is 106 Å². The molecule has 6 heteroatoms. The summed E-state index contributed by atoms with van der Waals surface area (Å²) >= 11 is 0. The summed E-state index contributed by atoms with van der Waals surface area (Å²) in [5.74, 6) is -0.544. The molecule has 2 rings (SSSR count). The summed E-state index contributed by atoms with van der Waals surface area (Å²) in [6.07, 6.45) is 3.18. The number of sulfonamides is 1. The molecule has 0 aromatic heterocycles. The van der Waals surface area contributed by atoms with Crippen molar-refractivity contribution in [2.45, 2.75) is 31.1 Å². The molecule has 1 saturated carbocycles. The molecule has 1 aromatic rings. The molecule has 1 aliphatic carbocycles. The van der Waals surface area contributed by atoms with Crippen molar-refractivity contribution >= 4 is 15.7 Å². The summed E-state index contributed by atoms with van der Waals surface area (Å²) in [6.45, 7) is 2.44. The summed E-state index contributed by atoms with van der Waals surface area (Å²) < 4.78 is 39.5. The van der Waals surface area contributed by atoms with E-state index >= 15 is 0 Å². The lowest BCUT2D eigenvalue weighted by Crippen LogP contribution is -2.40. The number of nitrogens with two attached hydrogens (primary N) is 1. The number of hydrogen-bond acceptors (Lipinski definition) is 3. The molecule has 100 valence electrons. The Balaban J connectivity index is 2.15. The van der Waals surface area contributed by atoms with Gasteiger partial charge in [0.2, 0.25) is 10.0 Å². The monoisotopic (exact) mass is 272 g/mol. The van der Waals surface area contributed by atoms with Crippen LogP contribution >= 0.6 is 0 Å². The average Bonchev–Trinajstić information content (AvgIpc) is 2.23. The van der Waals surface area contributed by atoms with Crippen LogP contribution in [0.3, 0.4) is 0 Å². The van der Waals surface area contributed by atoms with Crippen molar-refractivity contribution in [3.05, 3.63) is 24.0 Å². The molecular formula is C12H17FN2O2S. The zero-order valence-corrected chi connectivity index (χ0v) is 11.1. The second-order valence-electron chi connectivity index (χ2n) is 5.17. The standard InChI is InChI=1S/C12H17FN2O2S/c1-12(5-2-6-12)8-15-18(16,17)11-4-3-9(13)7-10(11)14/h3-4,7,15H,2,5-6,8,14H2,1H3. The topological polar surface area (TPSA) is 72.2 Å². The third-order valence-corrected chi connectivity index (χ3v) is 4.99. The lowest BCUT2D eigenvalue weighted by atomic mass is 9.71. The average molecular weight is 272 g/mol. The van der Waals surface area contributed by atoms with E-state index in [1.807, 2.05) is 6.92 Å². The van der Waals surface area contributed by atoms with Gasteiger partial charge in [-0.05, 0) is 36.5 Å². The fourth-order valence-corrected chi connectivity index (χ4v) is 3.38. The molecule has 1 aromatic carbocycles. The van der Waals surface area contributed by atoms with Crippen molar-refractivity contribution in [1.29, 1.82) is 0 Å². The van der Waals surface area contributed by atoms with Crippen LogP contribution in [0.4, 0.5) is 10.1 Å². The van der Waals surface area contributed by atoms with Gasteiger partial charge in [-0.2, -0.15) is 0 Å². The largest absolute Gasteiger partial charge is 0.398 e. The van der Waals surface area contributed by atoms with Gasteiger partial charge in [-0.3, -0.25) is 0 Å². The van der Waals surface area contributed by atoms with Gasteiger partial charge in [0.1, 0.15) is 10.7 Å². The maximum Gasteiger partial charge on any atom is 0.242 e. The predicted octanol–water partition coefficient (Wildman–Crippen LogP) is 1.88. The molecule has 3 N–H and O–H groups in total. The highest BCUT2D eigenvalue weighted by atomic mass is 32.2. The van der Waals surface area contributed by atoms with E-state index in [4.69, 9.17) is 5.73 Å². The van der Waals surface area contributed by atoms with Gasteiger partial charge < -0.3 is 5.73 Å². The van der Waals surface area contributed by atoms with Crippen molar-refractivity contribution < 1.29 is 12.8 Å². The van der Waals surface area contributed by atoms with E-state index in [2.05, 4.69) is 4.72 Å². The van der Waals surface area contributed by atoms with E-state index < -0.39 is 15.8 Å². The van der Waals surface area contributed by atoms with Crippen LogP contribution < -0.4 is 10.5 Å². The molecule has 0 atom stereocenters. The number of rotatable bonds is 4. The number of benzene rings is 1. The third-order valence-electron chi connectivity index (χ3n) is 3.51. The van der Waals surface area contributed by atoms with Crippen molar-refractivity contribution in [1.82, 2.24) is 4.72 Å². The van der Waals surface area contributed by atoms with Crippen LogP contribution in [0.1, 0.15) is 26.2 Å². The molecule has 18 heavy (non-hydrogen) atoms. The van der Waals surface area contributed by atoms with Gasteiger partial charge >= 0.3 is 0 Å². The Morgan fingerprint density at radius 1 is 1.44 bits per heavy atom.